The summed E-state index contributed by atoms with van der Waals surface area (Å²) in [6.45, 7) is 2.08. The molecule has 0 saturated carbocycles. The summed E-state index contributed by atoms with van der Waals surface area (Å²) in [7, 11) is 1.66. The highest BCUT2D eigenvalue weighted by Crippen LogP contribution is 2.58. The molecule has 1 N–H and O–H groups in total. The van der Waals surface area contributed by atoms with Crippen molar-refractivity contribution >= 4 is 5.71 Å². The summed E-state index contributed by atoms with van der Waals surface area (Å²) in [5.74, 6) is 0.912. The molecule has 118 valence electrons. The second-order valence-corrected chi connectivity index (χ2v) is 6.43. The van der Waals surface area contributed by atoms with Crippen molar-refractivity contribution in [1.82, 2.24) is 0 Å². The van der Waals surface area contributed by atoms with Crippen molar-refractivity contribution in [2.45, 2.75) is 44.5 Å². The molecule has 1 fully saturated rings. The third-order valence-electron chi connectivity index (χ3n) is 5.28. The van der Waals surface area contributed by atoms with Gasteiger partial charge in [0.25, 0.3) is 5.76 Å². The second-order valence-electron chi connectivity index (χ2n) is 6.43. The van der Waals surface area contributed by atoms with E-state index in [2.05, 4.69) is 19.1 Å². The summed E-state index contributed by atoms with van der Waals surface area (Å²) < 4.78 is 11.8. The second kappa shape index (κ2) is 5.57. The van der Waals surface area contributed by atoms with Crippen molar-refractivity contribution in [3.63, 3.8) is 0 Å². The van der Waals surface area contributed by atoms with Crippen molar-refractivity contribution in [1.29, 1.82) is 0 Å². The maximum atomic E-state index is 9.97. The zero-order valence-electron chi connectivity index (χ0n) is 12.8. The minimum Gasteiger partial charge on any atom is -1.00 e. The molecule has 0 bridgehead atoms. The summed E-state index contributed by atoms with van der Waals surface area (Å²) in [5, 5.41) is 9.97. The number of nitrogens with zero attached hydrogens (tertiary/aromatic N) is 1. The van der Waals surface area contributed by atoms with E-state index in [1.54, 1.807) is 7.11 Å². The van der Waals surface area contributed by atoms with Gasteiger partial charge in [-0.25, -0.2) is 0 Å². The first-order chi connectivity index (χ1) is 10.1. The van der Waals surface area contributed by atoms with E-state index in [4.69, 9.17) is 14.5 Å². The lowest BCUT2D eigenvalue weighted by Gasteiger charge is -2.37. The number of rotatable bonds is 1. The van der Waals surface area contributed by atoms with Crippen LogP contribution >= 0.6 is 0 Å². The molecule has 5 atom stereocenters. The molecule has 4 nitrogen and oxygen atoms in total. The monoisotopic (exact) mass is 365 g/mol. The van der Waals surface area contributed by atoms with Gasteiger partial charge < -0.3 is 31.6 Å². The number of methoxy groups -OCH3 is 1. The zero-order valence-corrected chi connectivity index (χ0v) is 14.3. The van der Waals surface area contributed by atoms with E-state index in [1.807, 2.05) is 12.2 Å². The Labute approximate surface area is 141 Å². The van der Waals surface area contributed by atoms with Crippen LogP contribution in [-0.4, -0.2) is 36.2 Å². The number of allylic oxidation sites excluding steroid dienone is 2. The lowest BCUT2D eigenvalue weighted by molar-refractivity contribution is -0.0141. The summed E-state index contributed by atoms with van der Waals surface area (Å²) in [6.07, 6.45) is 11.3. The highest BCUT2D eigenvalue weighted by Gasteiger charge is 2.64. The van der Waals surface area contributed by atoms with Gasteiger partial charge >= 0.3 is 0 Å². The summed E-state index contributed by atoms with van der Waals surface area (Å²) in [4.78, 5) is 4.78. The molecule has 4 rings (SSSR count). The maximum Gasteiger partial charge on any atom is 0.274 e. The molecule has 5 heteroatoms. The van der Waals surface area contributed by atoms with Crippen LogP contribution in [0.1, 0.15) is 26.2 Å². The zero-order chi connectivity index (χ0) is 14.6. The molecule has 0 aromatic carbocycles. The van der Waals surface area contributed by atoms with E-state index in [1.165, 1.54) is 0 Å². The first-order valence-electron chi connectivity index (χ1n) is 7.58. The number of aliphatic hydroxyl groups is 1. The topological polar surface area (TPSA) is 51.0 Å². The Hall–Kier alpha value is -1.00. The SMILES string of the molecule is COC1=[C+]C=C2N=C(C)CC[C@]34C=C[C@@H](O)C[C@H]3OC1C24.[Br-]. The Morgan fingerprint density at radius 2 is 2.32 bits per heavy atom. The van der Waals surface area contributed by atoms with E-state index in [0.717, 1.165) is 30.0 Å². The number of hydrogen-bond donors (Lipinski definition) is 1. The molecule has 22 heavy (non-hydrogen) atoms. The van der Waals surface area contributed by atoms with Crippen LogP contribution in [0.5, 0.6) is 0 Å². The van der Waals surface area contributed by atoms with Gasteiger partial charge in [-0.3, -0.25) is 0 Å². The van der Waals surface area contributed by atoms with E-state index in [0.29, 0.717) is 6.42 Å². The quantitative estimate of drug-likeness (QED) is 0.487. The standard InChI is InChI=1S/C17H20NO3.BrH/c1-10-5-7-17-8-6-11(19)9-14(17)21-16-13(20-2)4-3-12(18-10)15(16)17;/h3,6,8,11,14-16,19H,5,7,9H2,1-2H3;1H/q+1;/p-1/t11-,14-,15?,16?,17+;/m1./s1. The minimum atomic E-state index is -0.419. The van der Waals surface area contributed by atoms with E-state index >= 15 is 0 Å². The highest BCUT2D eigenvalue weighted by atomic mass is 79.9. The third kappa shape index (κ3) is 2.11. The predicted octanol–water partition coefficient (Wildman–Crippen LogP) is -0.833. The van der Waals surface area contributed by atoms with Crippen molar-refractivity contribution in [3.05, 3.63) is 35.8 Å². The van der Waals surface area contributed by atoms with Gasteiger partial charge in [-0.05, 0) is 19.8 Å². The fourth-order valence-corrected chi connectivity index (χ4v) is 4.25. The summed E-state index contributed by atoms with van der Waals surface area (Å²) >= 11 is 0. The number of aliphatic hydroxyl groups excluding tert-OH is 1. The van der Waals surface area contributed by atoms with Gasteiger partial charge in [0.15, 0.2) is 17.9 Å². The average Bonchev–Trinajstić information content (AvgIpc) is 2.72. The normalized spacial score (nSPS) is 41.7. The molecule has 0 amide bonds. The molecule has 2 aliphatic heterocycles. The van der Waals surface area contributed by atoms with Gasteiger partial charge in [0.2, 0.25) is 0 Å². The molecule has 2 aliphatic carbocycles. The lowest BCUT2D eigenvalue weighted by atomic mass is 9.63. The van der Waals surface area contributed by atoms with Gasteiger partial charge in [-0.15, -0.1) is 0 Å². The van der Waals surface area contributed by atoms with Crippen LogP contribution < -0.4 is 17.0 Å². The predicted molar refractivity (Wildman–Crippen MR) is 78.5 cm³/mol. The van der Waals surface area contributed by atoms with Crippen molar-refractivity contribution in [3.8, 4) is 0 Å². The van der Waals surface area contributed by atoms with Gasteiger partial charge in [0.05, 0.1) is 19.3 Å². The molecule has 0 aromatic rings. The third-order valence-corrected chi connectivity index (χ3v) is 5.28. The van der Waals surface area contributed by atoms with Crippen molar-refractivity contribution in [2.75, 3.05) is 7.11 Å². The van der Waals surface area contributed by atoms with Crippen LogP contribution in [0.2, 0.25) is 0 Å². The minimum absolute atomic E-state index is 0. The first kappa shape index (κ1) is 15.9. The number of halogens is 1. The molecular weight excluding hydrogens is 346 g/mol. The molecule has 1 saturated heterocycles. The van der Waals surface area contributed by atoms with Crippen molar-refractivity contribution in [2.24, 2.45) is 16.3 Å². The Bertz CT molecular complexity index is 595. The maximum absolute atomic E-state index is 9.97. The van der Waals surface area contributed by atoms with Crippen LogP contribution in [0.15, 0.2) is 34.7 Å². The molecular formula is C17H20BrNO3. The Balaban J connectivity index is 0.00000144. The van der Waals surface area contributed by atoms with Gasteiger partial charge in [0.1, 0.15) is 12.0 Å². The van der Waals surface area contributed by atoms with Crippen LogP contribution in [0.4, 0.5) is 0 Å². The number of ether oxygens (including phenoxy) is 2. The van der Waals surface area contributed by atoms with Gasteiger partial charge in [-0.2, -0.15) is 4.99 Å². The first-order valence-corrected chi connectivity index (χ1v) is 7.58. The average molecular weight is 366 g/mol. The highest BCUT2D eigenvalue weighted by molar-refractivity contribution is 5.83. The Morgan fingerprint density at radius 1 is 1.50 bits per heavy atom. The molecule has 2 heterocycles. The molecule has 1 spiro atoms. The molecule has 2 unspecified atom stereocenters. The van der Waals surface area contributed by atoms with E-state index in [-0.39, 0.29) is 40.5 Å². The smallest absolute Gasteiger partial charge is 0.274 e. The number of aliphatic imine (C=N–C) groups is 1. The van der Waals surface area contributed by atoms with Gasteiger partial charge in [-0.1, -0.05) is 12.2 Å². The largest absolute Gasteiger partial charge is 1.00 e. The van der Waals surface area contributed by atoms with Crippen LogP contribution in [0.3, 0.4) is 0 Å². The van der Waals surface area contributed by atoms with Crippen molar-refractivity contribution < 1.29 is 31.6 Å². The summed E-state index contributed by atoms with van der Waals surface area (Å²) in [6, 6.07) is 0. The lowest BCUT2D eigenvalue weighted by Crippen LogP contribution is -3.00. The molecule has 4 aliphatic rings. The Kier molecular flexibility index (Phi) is 4.02. The Morgan fingerprint density at radius 3 is 3.09 bits per heavy atom. The van der Waals surface area contributed by atoms with Gasteiger partial charge in [0, 0.05) is 17.5 Å². The van der Waals surface area contributed by atoms with Crippen LogP contribution in [0.25, 0.3) is 0 Å². The molecule has 0 radical (unpaired) electrons. The van der Waals surface area contributed by atoms with E-state index < -0.39 is 6.10 Å². The van der Waals surface area contributed by atoms with Crippen LogP contribution in [-0.2, 0) is 9.47 Å². The fourth-order valence-electron chi connectivity index (χ4n) is 4.25. The fraction of sp³-hybridized carbons (Fsp3) is 0.588. The van der Waals surface area contributed by atoms with E-state index in [9.17, 15) is 5.11 Å². The summed E-state index contributed by atoms with van der Waals surface area (Å²) in [5.41, 5.74) is 2.12. The van der Waals surface area contributed by atoms with Crippen LogP contribution in [0, 0.1) is 17.4 Å². The number of hydrogen-bond acceptors (Lipinski definition) is 4. The molecule has 0 aromatic heterocycles.